The van der Waals surface area contributed by atoms with Crippen LogP contribution in [0.1, 0.15) is 38.2 Å². The van der Waals surface area contributed by atoms with Crippen molar-refractivity contribution >= 4 is 44.5 Å². The monoisotopic (exact) mass is 485 g/mol. The van der Waals surface area contributed by atoms with E-state index in [0.717, 1.165) is 24.9 Å². The molecule has 1 atom stereocenters. The van der Waals surface area contributed by atoms with E-state index in [1.807, 2.05) is 6.07 Å². The van der Waals surface area contributed by atoms with Crippen molar-refractivity contribution in [1.82, 2.24) is 0 Å². The number of ether oxygens (including phenoxy) is 1. The number of hydrogen-bond donors (Lipinski definition) is 1. The smallest absolute Gasteiger partial charge is 0.170 e. The maximum absolute atomic E-state index is 12.5. The number of unbranched alkanes of at least 4 members (excludes halogenated alkanes) is 1. The third-order valence-corrected chi connectivity index (χ3v) is 6.35. The minimum absolute atomic E-state index is 0.0131. The van der Waals surface area contributed by atoms with E-state index in [4.69, 9.17) is 27.9 Å². The van der Waals surface area contributed by atoms with Gasteiger partial charge in [-0.2, -0.15) is 0 Å². The summed E-state index contributed by atoms with van der Waals surface area (Å²) in [5.74, 6) is 0.737. The van der Waals surface area contributed by atoms with Gasteiger partial charge in [-0.1, -0.05) is 55.1 Å². The summed E-state index contributed by atoms with van der Waals surface area (Å²) < 4.78 is 28.3. The molecule has 0 saturated carbocycles. The zero-order valence-corrected chi connectivity index (χ0v) is 20.2. The van der Waals surface area contributed by atoms with Crippen LogP contribution >= 0.6 is 23.2 Å². The summed E-state index contributed by atoms with van der Waals surface area (Å²) in [5.41, 5.74) is 1.56. The molecule has 0 heterocycles. The average molecular weight is 486 g/mol. The molecule has 0 bridgehead atoms. The van der Waals surface area contributed by atoms with Crippen molar-refractivity contribution in [3.05, 3.63) is 58.1 Å². The number of carbonyl (C=O) groups is 1. The maximum atomic E-state index is 12.5. The fourth-order valence-corrected chi connectivity index (χ4v) is 4.26. The highest BCUT2D eigenvalue weighted by Crippen LogP contribution is 2.25. The molecular formula is C23H29Cl2NO4S. The molecule has 0 aromatic heterocycles. The van der Waals surface area contributed by atoms with Crippen LogP contribution in [0.2, 0.25) is 10.0 Å². The molecule has 0 unspecified atom stereocenters. The van der Waals surface area contributed by atoms with Crippen LogP contribution in [0.5, 0.6) is 5.75 Å². The number of Topliss-reactive ketones (excluding diaryl/α,β-unsaturated/α-hetero) is 1. The number of rotatable bonds is 13. The van der Waals surface area contributed by atoms with E-state index in [-0.39, 0.29) is 24.1 Å². The number of halogens is 2. The quantitative estimate of drug-likeness (QED) is 0.388. The summed E-state index contributed by atoms with van der Waals surface area (Å²) in [6.45, 7) is 2.77. The first-order chi connectivity index (χ1) is 14.7. The molecule has 8 heteroatoms. The average Bonchev–Trinajstić information content (AvgIpc) is 2.71. The van der Waals surface area contributed by atoms with E-state index < -0.39 is 9.84 Å². The highest BCUT2D eigenvalue weighted by atomic mass is 35.5. The molecule has 1 N–H and O–H groups in total. The predicted octanol–water partition coefficient (Wildman–Crippen LogP) is 5.79. The van der Waals surface area contributed by atoms with E-state index in [1.54, 1.807) is 36.4 Å². The van der Waals surface area contributed by atoms with Gasteiger partial charge >= 0.3 is 0 Å². The first-order valence-electron chi connectivity index (χ1n) is 10.3. The first kappa shape index (κ1) is 25.5. The Labute approximate surface area is 195 Å². The molecule has 170 valence electrons. The standard InChI is InChI=1S/C23H29Cl2NO4S/c1-3-4-5-18(14-26-19-8-11-22(24)23(25)13-19)12-20(27)15-30-21-9-6-17(7-10-21)16-31(2,28)29/h6-11,13,18,26H,3-5,12,14-16H2,1-2H3/t18-/m0/s1. The van der Waals surface area contributed by atoms with Crippen LogP contribution in [-0.4, -0.2) is 33.6 Å². The second kappa shape index (κ2) is 12.3. The molecule has 2 rings (SSSR count). The minimum Gasteiger partial charge on any atom is -0.486 e. The minimum atomic E-state index is -3.08. The van der Waals surface area contributed by atoms with Crippen molar-refractivity contribution in [2.24, 2.45) is 5.92 Å². The van der Waals surface area contributed by atoms with Crippen molar-refractivity contribution in [2.45, 2.75) is 38.4 Å². The third kappa shape index (κ3) is 9.93. The summed E-state index contributed by atoms with van der Waals surface area (Å²) in [6, 6.07) is 12.2. The number of nitrogens with one attached hydrogen (secondary N) is 1. The molecule has 0 spiro atoms. The lowest BCUT2D eigenvalue weighted by molar-refractivity contribution is -0.121. The fourth-order valence-electron chi connectivity index (χ4n) is 3.17. The summed E-state index contributed by atoms with van der Waals surface area (Å²) in [7, 11) is -3.08. The van der Waals surface area contributed by atoms with E-state index in [0.29, 0.717) is 34.3 Å². The number of benzene rings is 2. The van der Waals surface area contributed by atoms with Gasteiger partial charge in [0.15, 0.2) is 15.6 Å². The van der Waals surface area contributed by atoms with Gasteiger partial charge in [0.1, 0.15) is 12.4 Å². The van der Waals surface area contributed by atoms with E-state index in [2.05, 4.69) is 12.2 Å². The Morgan fingerprint density at radius 1 is 1.10 bits per heavy atom. The van der Waals surface area contributed by atoms with Gasteiger partial charge < -0.3 is 10.1 Å². The van der Waals surface area contributed by atoms with Crippen molar-refractivity contribution in [2.75, 3.05) is 24.7 Å². The lowest BCUT2D eigenvalue weighted by Crippen LogP contribution is -2.21. The van der Waals surface area contributed by atoms with E-state index in [1.165, 1.54) is 6.26 Å². The van der Waals surface area contributed by atoms with Crippen LogP contribution in [0.15, 0.2) is 42.5 Å². The van der Waals surface area contributed by atoms with Gasteiger partial charge in [0, 0.05) is 24.9 Å². The molecule has 0 fully saturated rings. The molecular weight excluding hydrogens is 457 g/mol. The summed E-state index contributed by atoms with van der Waals surface area (Å²) >= 11 is 12.0. The van der Waals surface area contributed by atoms with Gasteiger partial charge in [-0.25, -0.2) is 8.42 Å². The number of hydrogen-bond acceptors (Lipinski definition) is 5. The molecule has 2 aromatic carbocycles. The Balaban J connectivity index is 1.85. The Bertz CT molecular complexity index is 962. The van der Waals surface area contributed by atoms with Crippen LogP contribution in [0.4, 0.5) is 5.69 Å². The topological polar surface area (TPSA) is 72.5 Å². The normalized spacial score (nSPS) is 12.4. The van der Waals surface area contributed by atoms with Gasteiger partial charge in [0.2, 0.25) is 0 Å². The van der Waals surface area contributed by atoms with E-state index >= 15 is 0 Å². The molecule has 0 aliphatic heterocycles. The van der Waals surface area contributed by atoms with E-state index in [9.17, 15) is 13.2 Å². The second-order valence-electron chi connectivity index (χ2n) is 7.76. The van der Waals surface area contributed by atoms with Crippen LogP contribution < -0.4 is 10.1 Å². The van der Waals surface area contributed by atoms with Gasteiger partial charge in [0.25, 0.3) is 0 Å². The molecule has 0 saturated heterocycles. The second-order valence-corrected chi connectivity index (χ2v) is 10.7. The van der Waals surface area contributed by atoms with Crippen LogP contribution in [-0.2, 0) is 20.4 Å². The number of anilines is 1. The number of sulfone groups is 1. The predicted molar refractivity (Wildman–Crippen MR) is 128 cm³/mol. The molecule has 5 nitrogen and oxygen atoms in total. The zero-order valence-electron chi connectivity index (χ0n) is 17.9. The largest absolute Gasteiger partial charge is 0.486 e. The summed E-state index contributed by atoms with van der Waals surface area (Å²) in [5, 5.41) is 4.34. The van der Waals surface area contributed by atoms with Gasteiger partial charge in [-0.15, -0.1) is 0 Å². The molecule has 0 amide bonds. The van der Waals surface area contributed by atoms with Gasteiger partial charge in [-0.3, -0.25) is 4.79 Å². The van der Waals surface area contributed by atoms with Crippen molar-refractivity contribution < 1.29 is 17.9 Å². The van der Waals surface area contributed by atoms with Crippen LogP contribution in [0.25, 0.3) is 0 Å². The van der Waals surface area contributed by atoms with Crippen molar-refractivity contribution in [3.63, 3.8) is 0 Å². The highest BCUT2D eigenvalue weighted by molar-refractivity contribution is 7.89. The summed E-state index contributed by atoms with van der Waals surface area (Å²) in [6.07, 6.45) is 4.66. The molecule has 0 aliphatic rings. The van der Waals surface area contributed by atoms with Crippen LogP contribution in [0, 0.1) is 5.92 Å². The Kier molecular flexibility index (Phi) is 10.1. The van der Waals surface area contributed by atoms with Crippen molar-refractivity contribution in [3.8, 4) is 5.75 Å². The lowest BCUT2D eigenvalue weighted by atomic mass is 9.96. The summed E-state index contributed by atoms with van der Waals surface area (Å²) in [4.78, 5) is 12.5. The van der Waals surface area contributed by atoms with Gasteiger partial charge in [-0.05, 0) is 48.2 Å². The first-order valence-corrected chi connectivity index (χ1v) is 13.1. The molecule has 0 aliphatic carbocycles. The fraction of sp³-hybridized carbons (Fsp3) is 0.435. The molecule has 2 aromatic rings. The Hall–Kier alpha value is -1.76. The highest BCUT2D eigenvalue weighted by Gasteiger charge is 2.15. The van der Waals surface area contributed by atoms with Crippen molar-refractivity contribution in [1.29, 1.82) is 0 Å². The number of carbonyl (C=O) groups excluding carboxylic acids is 1. The Morgan fingerprint density at radius 2 is 1.81 bits per heavy atom. The van der Waals surface area contributed by atoms with Gasteiger partial charge in [0.05, 0.1) is 15.8 Å². The third-order valence-electron chi connectivity index (χ3n) is 4.75. The van der Waals surface area contributed by atoms with Crippen LogP contribution in [0.3, 0.4) is 0 Å². The maximum Gasteiger partial charge on any atom is 0.170 e. The number of ketones is 1. The molecule has 31 heavy (non-hydrogen) atoms. The zero-order chi connectivity index (χ0) is 22.9. The SMILES string of the molecule is CCCC[C@H](CNc1ccc(Cl)c(Cl)c1)CC(=O)COc1ccc(CS(C)(=O)=O)cc1. The molecule has 0 radical (unpaired) electrons. The Morgan fingerprint density at radius 3 is 2.42 bits per heavy atom. The lowest BCUT2D eigenvalue weighted by Gasteiger charge is -2.18.